The highest BCUT2D eigenvalue weighted by molar-refractivity contribution is 6.34. The van der Waals surface area contributed by atoms with Crippen molar-refractivity contribution in [1.82, 2.24) is 20.0 Å². The van der Waals surface area contributed by atoms with E-state index >= 15 is 0 Å². The predicted molar refractivity (Wildman–Crippen MR) is 140 cm³/mol. The summed E-state index contributed by atoms with van der Waals surface area (Å²) in [7, 11) is 1.62. The van der Waals surface area contributed by atoms with Gasteiger partial charge in [-0.05, 0) is 42.7 Å². The van der Waals surface area contributed by atoms with E-state index in [1.807, 2.05) is 30.3 Å². The Bertz CT molecular complexity index is 1290. The molecular weight excluding hydrogens is 516 g/mol. The summed E-state index contributed by atoms with van der Waals surface area (Å²) in [5.41, 5.74) is 1.96. The number of ether oxygens (including phenoxy) is 1. The molecule has 1 saturated heterocycles. The van der Waals surface area contributed by atoms with Gasteiger partial charge in [-0.3, -0.25) is 10.2 Å². The van der Waals surface area contributed by atoms with Gasteiger partial charge in [-0.25, -0.2) is 18.3 Å². The molecule has 2 unspecified atom stereocenters. The second kappa shape index (κ2) is 11.4. The summed E-state index contributed by atoms with van der Waals surface area (Å²) in [6.07, 6.45) is 0.744. The van der Waals surface area contributed by atoms with E-state index in [4.69, 9.17) is 16.3 Å². The van der Waals surface area contributed by atoms with Crippen LogP contribution in [0.15, 0.2) is 48.5 Å². The largest absolute Gasteiger partial charge is 0.393 e. The Morgan fingerprint density at radius 1 is 1.16 bits per heavy atom. The third-order valence-electron chi connectivity index (χ3n) is 7.28. The third kappa shape index (κ3) is 5.54. The minimum absolute atomic E-state index is 0.00741. The Kier molecular flexibility index (Phi) is 7.94. The maximum Gasteiger partial charge on any atom is 0.320 e. The molecule has 3 N–H and O–H groups in total. The predicted octanol–water partition coefficient (Wildman–Crippen LogP) is 4.28. The van der Waals surface area contributed by atoms with Crippen molar-refractivity contribution in [3.8, 4) is 5.69 Å². The molecule has 5 rings (SSSR count). The first-order valence-electron chi connectivity index (χ1n) is 12.6. The van der Waals surface area contributed by atoms with Crippen LogP contribution in [0.5, 0.6) is 0 Å². The second-order valence-electron chi connectivity index (χ2n) is 9.85. The molecule has 0 bridgehead atoms. The number of hydrogen-bond acceptors (Lipinski definition) is 5. The average Bonchev–Trinajstić information content (AvgIpc) is 3.43. The number of urea groups is 1. The van der Waals surface area contributed by atoms with Gasteiger partial charge < -0.3 is 15.2 Å². The molecule has 0 spiro atoms. The summed E-state index contributed by atoms with van der Waals surface area (Å²) in [4.78, 5) is 15.4. The van der Waals surface area contributed by atoms with E-state index in [1.54, 1.807) is 17.9 Å². The molecule has 3 aromatic rings. The smallest absolute Gasteiger partial charge is 0.320 e. The molecule has 8 nitrogen and oxygen atoms in total. The number of carbonyl (C=O) groups is 1. The van der Waals surface area contributed by atoms with Gasteiger partial charge in [0.2, 0.25) is 0 Å². The number of nitrogens with one attached hydrogen (secondary N) is 2. The van der Waals surface area contributed by atoms with Crippen LogP contribution in [0, 0.1) is 11.6 Å². The lowest BCUT2D eigenvalue weighted by Crippen LogP contribution is -2.42. The number of rotatable bonds is 8. The Hall–Kier alpha value is -3.05. The van der Waals surface area contributed by atoms with Crippen molar-refractivity contribution in [1.29, 1.82) is 0 Å². The van der Waals surface area contributed by atoms with Gasteiger partial charge in [-0.2, -0.15) is 5.10 Å². The minimum atomic E-state index is -0.923. The van der Waals surface area contributed by atoms with Gasteiger partial charge in [0.25, 0.3) is 0 Å². The second-order valence-corrected chi connectivity index (χ2v) is 10.2. The summed E-state index contributed by atoms with van der Waals surface area (Å²) >= 11 is 6.73. The van der Waals surface area contributed by atoms with Crippen molar-refractivity contribution in [2.45, 2.75) is 36.8 Å². The fourth-order valence-corrected chi connectivity index (χ4v) is 5.50. The maximum absolute atomic E-state index is 14.0. The lowest BCUT2D eigenvalue weighted by atomic mass is 9.80. The molecule has 38 heavy (non-hydrogen) atoms. The molecule has 2 amide bonds. The quantitative estimate of drug-likeness (QED) is 0.393. The zero-order valence-corrected chi connectivity index (χ0v) is 21.7. The number of aromatic nitrogens is 2. The highest BCUT2D eigenvalue weighted by atomic mass is 35.5. The van der Waals surface area contributed by atoms with Gasteiger partial charge >= 0.3 is 6.03 Å². The zero-order valence-electron chi connectivity index (χ0n) is 20.9. The number of benzene rings is 2. The summed E-state index contributed by atoms with van der Waals surface area (Å²) in [6.45, 7) is 2.21. The summed E-state index contributed by atoms with van der Waals surface area (Å²) in [5.74, 6) is -1.76. The standard InChI is InChI=1S/C27H30ClF2N5O3/c1-38-10-9-34-14-20(16-7-8-21(29)22(30)13-16)23(15-34)31-27(37)32-26-24(28)25(17-11-19(36)12-17)33-35(26)18-5-3-2-4-6-18/h2-8,13,17,19-20,23,36H,9-12,14-15H2,1H3,(H2,31,32,37)/t17-,19-,20?,23?. The van der Waals surface area contributed by atoms with E-state index in [0.717, 1.165) is 11.8 Å². The van der Waals surface area contributed by atoms with Crippen LogP contribution in [-0.2, 0) is 4.74 Å². The van der Waals surface area contributed by atoms with Crippen LogP contribution in [0.3, 0.4) is 0 Å². The van der Waals surface area contributed by atoms with Gasteiger partial charge in [0.1, 0.15) is 5.02 Å². The minimum Gasteiger partial charge on any atom is -0.393 e. The van der Waals surface area contributed by atoms with Crippen LogP contribution in [0.4, 0.5) is 19.4 Å². The molecule has 2 atom stereocenters. The normalized spacial score (nSPS) is 23.3. The van der Waals surface area contributed by atoms with E-state index < -0.39 is 17.7 Å². The van der Waals surface area contributed by atoms with Gasteiger partial charge in [-0.15, -0.1) is 0 Å². The molecule has 2 heterocycles. The highest BCUT2D eigenvalue weighted by Crippen LogP contribution is 2.42. The van der Waals surface area contributed by atoms with E-state index in [2.05, 4.69) is 20.6 Å². The third-order valence-corrected chi connectivity index (χ3v) is 7.65. The van der Waals surface area contributed by atoms with Gasteiger partial charge in [-0.1, -0.05) is 35.9 Å². The van der Waals surface area contributed by atoms with Crippen LogP contribution in [0.1, 0.15) is 35.9 Å². The van der Waals surface area contributed by atoms with Crippen molar-refractivity contribution in [3.63, 3.8) is 0 Å². The molecule has 202 valence electrons. The van der Waals surface area contributed by atoms with E-state index in [-0.39, 0.29) is 24.0 Å². The Balaban J connectivity index is 1.38. The van der Waals surface area contributed by atoms with Crippen molar-refractivity contribution in [2.75, 3.05) is 38.7 Å². The number of anilines is 1. The zero-order chi connectivity index (χ0) is 26.8. The average molecular weight is 546 g/mol. The van der Waals surface area contributed by atoms with Crippen LogP contribution in [0.2, 0.25) is 5.02 Å². The SMILES string of the molecule is COCCN1CC(NC(=O)Nc2c(Cl)c([C@H]3C[C@H](O)C3)nn2-c2ccccc2)C(c2ccc(F)c(F)c2)C1. The fourth-order valence-electron chi connectivity index (χ4n) is 5.18. The lowest BCUT2D eigenvalue weighted by molar-refractivity contribution is 0.0731. The van der Waals surface area contributed by atoms with Crippen LogP contribution < -0.4 is 10.6 Å². The van der Waals surface area contributed by atoms with Crippen molar-refractivity contribution >= 4 is 23.4 Å². The van der Waals surface area contributed by atoms with E-state index in [0.29, 0.717) is 61.2 Å². The fraction of sp³-hybridized carbons (Fsp3) is 0.407. The van der Waals surface area contributed by atoms with Gasteiger partial charge in [0, 0.05) is 38.6 Å². The topological polar surface area (TPSA) is 91.7 Å². The number of para-hydroxylation sites is 1. The van der Waals surface area contributed by atoms with Gasteiger partial charge in [0.15, 0.2) is 17.5 Å². The number of nitrogens with zero attached hydrogens (tertiary/aromatic N) is 3. The molecule has 1 saturated carbocycles. The number of hydrogen-bond donors (Lipinski definition) is 3. The molecule has 2 aromatic carbocycles. The Morgan fingerprint density at radius 3 is 2.61 bits per heavy atom. The molecule has 0 radical (unpaired) electrons. The van der Waals surface area contributed by atoms with E-state index in [9.17, 15) is 18.7 Å². The molecule has 2 fully saturated rings. The lowest BCUT2D eigenvalue weighted by Gasteiger charge is -2.30. The summed E-state index contributed by atoms with van der Waals surface area (Å²) in [5, 5.41) is 20.7. The molecular formula is C27H30ClF2N5O3. The Morgan fingerprint density at radius 2 is 1.92 bits per heavy atom. The molecule has 1 aliphatic carbocycles. The number of methoxy groups -OCH3 is 1. The number of aliphatic hydroxyl groups excluding tert-OH is 1. The maximum atomic E-state index is 14.0. The first-order valence-corrected chi connectivity index (χ1v) is 13.0. The van der Waals surface area contributed by atoms with Crippen molar-refractivity contribution in [3.05, 3.63) is 76.4 Å². The molecule has 11 heteroatoms. The number of amides is 2. The first-order chi connectivity index (χ1) is 18.3. The molecule has 2 aliphatic rings. The molecule has 1 aliphatic heterocycles. The summed E-state index contributed by atoms with van der Waals surface area (Å²) < 4.78 is 34.4. The number of likely N-dealkylation sites (tertiary alicyclic amines) is 1. The highest BCUT2D eigenvalue weighted by Gasteiger charge is 2.37. The van der Waals surface area contributed by atoms with Crippen molar-refractivity contribution in [2.24, 2.45) is 0 Å². The van der Waals surface area contributed by atoms with Crippen LogP contribution in [0.25, 0.3) is 5.69 Å². The molecule has 1 aromatic heterocycles. The first kappa shape index (κ1) is 26.6. The Labute approximate surface area is 224 Å². The number of aliphatic hydroxyl groups is 1. The van der Waals surface area contributed by atoms with Crippen molar-refractivity contribution < 1.29 is 23.4 Å². The van der Waals surface area contributed by atoms with Crippen LogP contribution >= 0.6 is 11.6 Å². The number of carbonyl (C=O) groups excluding carboxylic acids is 1. The van der Waals surface area contributed by atoms with E-state index in [1.165, 1.54) is 6.07 Å². The van der Waals surface area contributed by atoms with Crippen LogP contribution in [-0.4, -0.2) is 71.3 Å². The monoisotopic (exact) mass is 545 g/mol. The number of halogens is 3. The summed E-state index contributed by atoms with van der Waals surface area (Å²) in [6, 6.07) is 12.3. The van der Waals surface area contributed by atoms with Gasteiger partial charge in [0.05, 0.1) is 30.1 Å².